The van der Waals surface area contributed by atoms with Crippen LogP contribution in [0.5, 0.6) is 0 Å². The molecule has 22 heavy (non-hydrogen) atoms. The predicted molar refractivity (Wildman–Crippen MR) is 85.8 cm³/mol. The minimum atomic E-state index is -0.441. The van der Waals surface area contributed by atoms with Crippen LogP contribution >= 0.6 is 12.4 Å². The molecule has 1 aromatic carbocycles. The first-order valence-electron chi connectivity index (χ1n) is 7.28. The average molecular weight is 320 g/mol. The number of para-hydroxylation sites is 1. The fourth-order valence-electron chi connectivity index (χ4n) is 3.07. The van der Waals surface area contributed by atoms with Crippen LogP contribution in [0.3, 0.4) is 0 Å². The molecular formula is C16H18ClN3O2. The van der Waals surface area contributed by atoms with Crippen LogP contribution in [-0.4, -0.2) is 10.1 Å². The Morgan fingerprint density at radius 1 is 1.23 bits per heavy atom. The first-order chi connectivity index (χ1) is 10.2. The second kappa shape index (κ2) is 5.41. The van der Waals surface area contributed by atoms with E-state index in [0.717, 1.165) is 42.2 Å². The van der Waals surface area contributed by atoms with Gasteiger partial charge < -0.3 is 14.7 Å². The van der Waals surface area contributed by atoms with Crippen LogP contribution < -0.4 is 5.73 Å². The van der Waals surface area contributed by atoms with E-state index in [-0.39, 0.29) is 12.4 Å². The molecule has 1 aliphatic carbocycles. The lowest BCUT2D eigenvalue weighted by Gasteiger charge is -2.17. The number of rotatable bonds is 2. The van der Waals surface area contributed by atoms with Gasteiger partial charge in [-0.2, -0.15) is 4.98 Å². The van der Waals surface area contributed by atoms with Gasteiger partial charge in [0.15, 0.2) is 11.6 Å². The molecule has 0 amide bonds. The monoisotopic (exact) mass is 319 g/mol. The molecule has 0 bridgehead atoms. The summed E-state index contributed by atoms with van der Waals surface area (Å²) in [5, 5.41) is 5.10. The smallest absolute Gasteiger partial charge is 0.293 e. The largest absolute Gasteiger partial charge is 0.451 e. The fraction of sp³-hybridized carbons (Fsp3) is 0.375. The van der Waals surface area contributed by atoms with Crippen molar-refractivity contribution in [2.45, 2.75) is 38.1 Å². The van der Waals surface area contributed by atoms with Gasteiger partial charge >= 0.3 is 0 Å². The maximum absolute atomic E-state index is 6.36. The molecule has 2 N–H and O–H groups in total. The van der Waals surface area contributed by atoms with E-state index < -0.39 is 5.54 Å². The van der Waals surface area contributed by atoms with E-state index in [1.807, 2.05) is 31.2 Å². The van der Waals surface area contributed by atoms with Gasteiger partial charge in [0.2, 0.25) is 0 Å². The van der Waals surface area contributed by atoms with Crippen LogP contribution in [0.15, 0.2) is 33.2 Å². The van der Waals surface area contributed by atoms with Crippen molar-refractivity contribution in [2.24, 2.45) is 5.73 Å². The molecule has 0 atom stereocenters. The highest BCUT2D eigenvalue weighted by Gasteiger charge is 2.36. The number of benzene rings is 1. The lowest BCUT2D eigenvalue weighted by atomic mass is 9.99. The Morgan fingerprint density at radius 3 is 2.73 bits per heavy atom. The standard InChI is InChI=1S/C16H17N3O2.ClH/c1-10-5-4-6-11-9-12(20-13(10)11)14-18-15(19-21-14)16(17)7-2-3-8-16;/h4-6,9H,2-3,7-8,17H2,1H3;1H. The van der Waals surface area contributed by atoms with Crippen molar-refractivity contribution >= 4 is 23.4 Å². The molecule has 0 unspecified atom stereocenters. The van der Waals surface area contributed by atoms with Crippen LogP contribution in [-0.2, 0) is 5.54 Å². The molecule has 116 valence electrons. The minimum absolute atomic E-state index is 0. The van der Waals surface area contributed by atoms with Crippen LogP contribution in [0, 0.1) is 6.92 Å². The van der Waals surface area contributed by atoms with Crippen molar-refractivity contribution < 1.29 is 8.94 Å². The first kappa shape index (κ1) is 15.1. The summed E-state index contributed by atoms with van der Waals surface area (Å²) < 4.78 is 11.2. The van der Waals surface area contributed by atoms with E-state index in [1.54, 1.807) is 0 Å². The molecule has 0 saturated heterocycles. The van der Waals surface area contributed by atoms with Crippen molar-refractivity contribution in [2.75, 3.05) is 0 Å². The van der Waals surface area contributed by atoms with Crippen molar-refractivity contribution in [3.8, 4) is 11.7 Å². The van der Waals surface area contributed by atoms with E-state index in [2.05, 4.69) is 10.1 Å². The Hall–Kier alpha value is -1.85. The fourth-order valence-corrected chi connectivity index (χ4v) is 3.07. The number of furan rings is 1. The highest BCUT2D eigenvalue weighted by Crippen LogP contribution is 2.36. The molecule has 3 aromatic rings. The van der Waals surface area contributed by atoms with Crippen molar-refractivity contribution in [1.29, 1.82) is 0 Å². The number of fused-ring (bicyclic) bond motifs is 1. The van der Waals surface area contributed by atoms with Crippen LogP contribution in [0.1, 0.15) is 37.1 Å². The maximum atomic E-state index is 6.36. The molecule has 6 heteroatoms. The van der Waals surface area contributed by atoms with Crippen molar-refractivity contribution in [3.63, 3.8) is 0 Å². The predicted octanol–water partition coefficient (Wildman–Crippen LogP) is 3.94. The summed E-state index contributed by atoms with van der Waals surface area (Å²) >= 11 is 0. The molecule has 0 aliphatic heterocycles. The molecule has 0 radical (unpaired) electrons. The number of hydrogen-bond donors (Lipinski definition) is 1. The minimum Gasteiger partial charge on any atom is -0.451 e. The molecule has 5 nitrogen and oxygen atoms in total. The quantitative estimate of drug-likeness (QED) is 0.774. The Morgan fingerprint density at radius 2 is 2.00 bits per heavy atom. The summed E-state index contributed by atoms with van der Waals surface area (Å²) in [6, 6.07) is 7.96. The Bertz CT molecular complexity index is 803. The van der Waals surface area contributed by atoms with Gasteiger partial charge in [-0.3, -0.25) is 0 Å². The lowest BCUT2D eigenvalue weighted by Crippen LogP contribution is -2.34. The Labute approximate surface area is 134 Å². The third kappa shape index (κ3) is 2.30. The van der Waals surface area contributed by atoms with Crippen molar-refractivity contribution in [3.05, 3.63) is 35.7 Å². The topological polar surface area (TPSA) is 78.1 Å². The number of nitrogens with two attached hydrogens (primary N) is 1. The van der Waals surface area contributed by atoms with Crippen LogP contribution in [0.2, 0.25) is 0 Å². The molecule has 1 fully saturated rings. The van der Waals surface area contributed by atoms with Gasteiger partial charge in [-0.1, -0.05) is 36.2 Å². The van der Waals surface area contributed by atoms with Gasteiger partial charge in [0.25, 0.3) is 5.89 Å². The van der Waals surface area contributed by atoms with Gasteiger partial charge in [0, 0.05) is 5.39 Å². The molecule has 2 aromatic heterocycles. The molecule has 4 rings (SSSR count). The third-order valence-corrected chi connectivity index (χ3v) is 4.32. The van der Waals surface area contributed by atoms with Gasteiger partial charge in [-0.15, -0.1) is 12.4 Å². The maximum Gasteiger partial charge on any atom is 0.293 e. The normalized spacial score (nSPS) is 16.8. The van der Waals surface area contributed by atoms with Gasteiger partial charge in [0.05, 0.1) is 5.54 Å². The van der Waals surface area contributed by atoms with Crippen LogP contribution in [0.25, 0.3) is 22.6 Å². The summed E-state index contributed by atoms with van der Waals surface area (Å²) in [5.41, 5.74) is 7.86. The number of hydrogen-bond acceptors (Lipinski definition) is 5. The molecule has 2 heterocycles. The zero-order valence-corrected chi connectivity index (χ0v) is 13.2. The summed E-state index contributed by atoms with van der Waals surface area (Å²) in [6.45, 7) is 2.02. The van der Waals surface area contributed by atoms with E-state index in [0.29, 0.717) is 17.5 Å². The van der Waals surface area contributed by atoms with Crippen LogP contribution in [0.4, 0.5) is 0 Å². The summed E-state index contributed by atoms with van der Waals surface area (Å²) in [4.78, 5) is 4.46. The van der Waals surface area contributed by atoms with E-state index in [9.17, 15) is 0 Å². The SMILES string of the molecule is Cc1cccc2cc(-c3nc(C4(N)CCCC4)no3)oc12.Cl. The van der Waals surface area contributed by atoms with Gasteiger partial charge in [-0.25, -0.2) is 0 Å². The number of aryl methyl sites for hydroxylation is 1. The molecule has 0 spiro atoms. The second-order valence-corrected chi connectivity index (χ2v) is 5.89. The molecule has 1 aliphatic rings. The highest BCUT2D eigenvalue weighted by molar-refractivity contribution is 5.85. The third-order valence-electron chi connectivity index (χ3n) is 4.32. The number of nitrogens with zero attached hydrogens (tertiary/aromatic N) is 2. The van der Waals surface area contributed by atoms with Crippen molar-refractivity contribution in [1.82, 2.24) is 10.1 Å². The summed E-state index contributed by atoms with van der Waals surface area (Å²) in [7, 11) is 0. The average Bonchev–Trinajstić information content (AvgIpc) is 3.17. The Kier molecular flexibility index (Phi) is 3.70. The lowest BCUT2D eigenvalue weighted by molar-refractivity contribution is 0.369. The van der Waals surface area contributed by atoms with E-state index in [1.165, 1.54) is 0 Å². The van der Waals surface area contributed by atoms with Gasteiger partial charge in [0.1, 0.15) is 5.58 Å². The molecular weight excluding hydrogens is 302 g/mol. The zero-order valence-electron chi connectivity index (χ0n) is 12.3. The van der Waals surface area contributed by atoms with E-state index in [4.69, 9.17) is 14.7 Å². The van der Waals surface area contributed by atoms with E-state index >= 15 is 0 Å². The first-order valence-corrected chi connectivity index (χ1v) is 7.28. The second-order valence-electron chi connectivity index (χ2n) is 5.89. The number of halogens is 1. The van der Waals surface area contributed by atoms with Gasteiger partial charge in [-0.05, 0) is 31.4 Å². The number of aromatic nitrogens is 2. The summed E-state index contributed by atoms with van der Waals surface area (Å²) in [6.07, 6.45) is 4.05. The summed E-state index contributed by atoms with van der Waals surface area (Å²) in [5.74, 6) is 1.59. The zero-order chi connectivity index (χ0) is 14.4. The Balaban J connectivity index is 0.00000144. The molecule has 1 saturated carbocycles. The highest BCUT2D eigenvalue weighted by atomic mass is 35.5.